The summed E-state index contributed by atoms with van der Waals surface area (Å²) in [6, 6.07) is 12.7. The zero-order valence-electron chi connectivity index (χ0n) is 9.94. The van der Waals surface area contributed by atoms with Crippen LogP contribution >= 0.6 is 0 Å². The predicted molar refractivity (Wildman–Crippen MR) is 73.9 cm³/mol. The van der Waals surface area contributed by atoms with Crippen LogP contribution in [0.1, 0.15) is 12.0 Å². The highest BCUT2D eigenvalue weighted by atomic mass is 16.5. The van der Waals surface area contributed by atoms with Crippen LogP contribution in [-0.2, 0) is 6.42 Å². The lowest BCUT2D eigenvalue weighted by atomic mass is 10.0. The summed E-state index contributed by atoms with van der Waals surface area (Å²) in [6.07, 6.45) is 5.92. The van der Waals surface area contributed by atoms with Crippen LogP contribution in [-0.4, -0.2) is 4.98 Å². The van der Waals surface area contributed by atoms with Crippen molar-refractivity contribution in [2.75, 3.05) is 0 Å². The lowest BCUT2D eigenvalue weighted by molar-refractivity contribution is 0.480. The molecular formula is C16H13NO. The van der Waals surface area contributed by atoms with Crippen molar-refractivity contribution in [3.05, 3.63) is 54.3 Å². The minimum Gasteiger partial charge on any atom is -0.465 e. The van der Waals surface area contributed by atoms with Gasteiger partial charge in [0.2, 0.25) is 0 Å². The average molecular weight is 235 g/mol. The Labute approximate surface area is 105 Å². The van der Waals surface area contributed by atoms with Gasteiger partial charge in [-0.2, -0.15) is 0 Å². The first-order valence-electron chi connectivity index (χ1n) is 6.27. The third kappa shape index (κ3) is 1.29. The van der Waals surface area contributed by atoms with Gasteiger partial charge in [0, 0.05) is 21.9 Å². The largest absolute Gasteiger partial charge is 0.465 e. The number of nitrogens with one attached hydrogen (secondary N) is 1. The number of benzene rings is 2. The molecule has 0 atom stereocenters. The fourth-order valence-electron chi connectivity index (χ4n) is 2.73. The summed E-state index contributed by atoms with van der Waals surface area (Å²) in [5, 5.41) is 2.57. The molecule has 1 aromatic heterocycles. The highest BCUT2D eigenvalue weighted by molar-refractivity contribution is 6.08. The third-order valence-corrected chi connectivity index (χ3v) is 3.60. The fourth-order valence-corrected chi connectivity index (χ4v) is 2.73. The Balaban J connectivity index is 2.11. The number of rotatable bonds is 0. The zero-order valence-corrected chi connectivity index (χ0v) is 9.94. The van der Waals surface area contributed by atoms with E-state index in [9.17, 15) is 0 Å². The number of fused-ring (bicyclic) bond motifs is 5. The molecule has 0 unspecified atom stereocenters. The monoisotopic (exact) mass is 235 g/mol. The minimum absolute atomic E-state index is 0.975. The van der Waals surface area contributed by atoms with E-state index < -0.39 is 0 Å². The number of aryl methyl sites for hydroxylation is 1. The first kappa shape index (κ1) is 9.77. The van der Waals surface area contributed by atoms with E-state index in [1.165, 1.54) is 27.4 Å². The lowest BCUT2D eigenvalue weighted by Gasteiger charge is -2.06. The molecule has 1 N–H and O–H groups in total. The molecule has 0 amide bonds. The molecule has 88 valence electrons. The predicted octanol–water partition coefficient (Wildman–Crippen LogP) is 4.16. The van der Waals surface area contributed by atoms with Crippen LogP contribution in [0.25, 0.3) is 21.8 Å². The molecule has 0 radical (unpaired) electrons. The first-order valence-corrected chi connectivity index (χ1v) is 6.27. The Morgan fingerprint density at radius 2 is 1.94 bits per heavy atom. The summed E-state index contributed by atoms with van der Waals surface area (Å²) in [7, 11) is 0. The van der Waals surface area contributed by atoms with Crippen LogP contribution in [0, 0.1) is 0 Å². The zero-order chi connectivity index (χ0) is 11.9. The van der Waals surface area contributed by atoms with Gasteiger partial charge in [0.25, 0.3) is 0 Å². The van der Waals surface area contributed by atoms with E-state index in [0.29, 0.717) is 0 Å². The van der Waals surface area contributed by atoms with Crippen molar-refractivity contribution in [1.82, 2.24) is 4.98 Å². The second-order valence-corrected chi connectivity index (χ2v) is 4.66. The lowest BCUT2D eigenvalue weighted by Crippen LogP contribution is -1.89. The van der Waals surface area contributed by atoms with Gasteiger partial charge in [-0.25, -0.2) is 0 Å². The molecular weight excluding hydrogens is 222 g/mol. The van der Waals surface area contributed by atoms with Gasteiger partial charge >= 0.3 is 0 Å². The van der Waals surface area contributed by atoms with Gasteiger partial charge in [-0.3, -0.25) is 0 Å². The number of aromatic nitrogens is 1. The minimum atomic E-state index is 0.975. The quantitative estimate of drug-likeness (QED) is 0.621. The molecule has 1 aliphatic heterocycles. The number of H-pyrrole nitrogens is 1. The van der Waals surface area contributed by atoms with Gasteiger partial charge in [-0.05, 0) is 37.1 Å². The number of para-hydroxylation sites is 1. The molecule has 4 rings (SSSR count). The number of aromatic amines is 1. The van der Waals surface area contributed by atoms with Crippen molar-refractivity contribution in [2.24, 2.45) is 0 Å². The Morgan fingerprint density at radius 3 is 2.94 bits per heavy atom. The van der Waals surface area contributed by atoms with Gasteiger partial charge in [0.15, 0.2) is 0 Å². The smallest absolute Gasteiger partial charge is 0.131 e. The molecule has 18 heavy (non-hydrogen) atoms. The summed E-state index contributed by atoms with van der Waals surface area (Å²) in [5.41, 5.74) is 3.70. The van der Waals surface area contributed by atoms with Gasteiger partial charge < -0.3 is 9.72 Å². The van der Waals surface area contributed by atoms with Crippen molar-refractivity contribution in [1.29, 1.82) is 0 Å². The summed E-state index contributed by atoms with van der Waals surface area (Å²) < 4.78 is 5.65. The molecule has 0 saturated carbocycles. The second-order valence-electron chi connectivity index (χ2n) is 4.66. The topological polar surface area (TPSA) is 25.0 Å². The van der Waals surface area contributed by atoms with Crippen molar-refractivity contribution in [3.8, 4) is 5.75 Å². The highest BCUT2D eigenvalue weighted by Crippen LogP contribution is 2.34. The molecule has 3 aromatic rings. The molecule has 2 aromatic carbocycles. The van der Waals surface area contributed by atoms with Crippen LogP contribution < -0.4 is 4.74 Å². The Morgan fingerprint density at radius 1 is 1.00 bits per heavy atom. The van der Waals surface area contributed by atoms with Crippen LogP contribution in [0.5, 0.6) is 5.75 Å². The molecule has 2 nitrogen and oxygen atoms in total. The number of hydrogen-bond donors (Lipinski definition) is 1. The SMILES string of the molecule is C1=COc2ccc3c([nH]c4ccccc43)c2CC1. The Bertz CT molecular complexity index is 767. The summed E-state index contributed by atoms with van der Waals surface area (Å²) >= 11 is 0. The maximum absolute atomic E-state index is 5.65. The third-order valence-electron chi connectivity index (χ3n) is 3.60. The van der Waals surface area contributed by atoms with E-state index in [1.807, 2.05) is 0 Å². The highest BCUT2D eigenvalue weighted by Gasteiger charge is 2.13. The van der Waals surface area contributed by atoms with E-state index in [4.69, 9.17) is 4.74 Å². The molecule has 0 saturated heterocycles. The van der Waals surface area contributed by atoms with Crippen molar-refractivity contribution in [3.63, 3.8) is 0 Å². The van der Waals surface area contributed by atoms with E-state index in [0.717, 1.165) is 18.6 Å². The van der Waals surface area contributed by atoms with Crippen molar-refractivity contribution >= 4 is 21.8 Å². The van der Waals surface area contributed by atoms with E-state index in [2.05, 4.69) is 47.5 Å². The second kappa shape index (κ2) is 3.64. The molecule has 1 aliphatic rings. The fraction of sp³-hybridized carbons (Fsp3) is 0.125. The summed E-state index contributed by atoms with van der Waals surface area (Å²) in [5.74, 6) is 0.975. The van der Waals surface area contributed by atoms with Crippen molar-refractivity contribution in [2.45, 2.75) is 12.8 Å². The molecule has 2 heteroatoms. The van der Waals surface area contributed by atoms with Gasteiger partial charge in [0.1, 0.15) is 5.75 Å². The number of hydrogen-bond acceptors (Lipinski definition) is 1. The Hall–Kier alpha value is -2.22. The number of ether oxygens (including phenoxy) is 1. The van der Waals surface area contributed by atoms with E-state index in [-0.39, 0.29) is 0 Å². The van der Waals surface area contributed by atoms with Gasteiger partial charge in [-0.15, -0.1) is 0 Å². The standard InChI is InChI=1S/C16H13NO/c1-2-7-14-11(5-1)12-8-9-15-13(16(12)17-14)6-3-4-10-18-15/h1-2,4-5,7-10,17H,3,6H2. The summed E-state index contributed by atoms with van der Waals surface area (Å²) in [6.45, 7) is 0. The number of allylic oxidation sites excluding steroid dienone is 1. The van der Waals surface area contributed by atoms with Crippen molar-refractivity contribution < 1.29 is 4.74 Å². The molecule has 2 heterocycles. The van der Waals surface area contributed by atoms with E-state index >= 15 is 0 Å². The summed E-state index contributed by atoms with van der Waals surface area (Å²) in [4.78, 5) is 3.53. The normalized spacial score (nSPS) is 14.4. The van der Waals surface area contributed by atoms with E-state index in [1.54, 1.807) is 6.26 Å². The van der Waals surface area contributed by atoms with Gasteiger partial charge in [0.05, 0.1) is 11.8 Å². The van der Waals surface area contributed by atoms with Crippen LogP contribution in [0.2, 0.25) is 0 Å². The molecule has 0 aliphatic carbocycles. The van der Waals surface area contributed by atoms with Crippen LogP contribution in [0.15, 0.2) is 48.7 Å². The van der Waals surface area contributed by atoms with Crippen LogP contribution in [0.3, 0.4) is 0 Å². The van der Waals surface area contributed by atoms with Gasteiger partial charge in [-0.1, -0.05) is 18.2 Å². The maximum Gasteiger partial charge on any atom is 0.131 e. The Kier molecular flexibility index (Phi) is 1.97. The van der Waals surface area contributed by atoms with Crippen LogP contribution in [0.4, 0.5) is 0 Å². The first-order chi connectivity index (χ1) is 8.93. The molecule has 0 fully saturated rings. The molecule has 0 bridgehead atoms. The maximum atomic E-state index is 5.65. The average Bonchev–Trinajstić information content (AvgIpc) is 2.62. The molecule has 0 spiro atoms.